The highest BCUT2D eigenvalue weighted by atomic mass is 19.1. The second kappa shape index (κ2) is 8.24. The number of benzene rings is 1. The lowest BCUT2D eigenvalue weighted by Crippen LogP contribution is -2.46. The Morgan fingerprint density at radius 1 is 1.19 bits per heavy atom. The SMILES string of the molecule is Cc1cc(C)c(CNC(=O)c2cc(F)c3c(c2C)OC(C)(C2CCC(N)CC2)O3)c(=O)[nH]1. The lowest BCUT2D eigenvalue weighted by molar-refractivity contribution is -0.121. The average Bonchev–Trinajstić information content (AvgIpc) is 3.10. The van der Waals surface area contributed by atoms with Crippen molar-refractivity contribution in [3.8, 4) is 11.5 Å². The second-order valence-corrected chi connectivity index (χ2v) is 9.15. The number of halogens is 1. The van der Waals surface area contributed by atoms with E-state index in [9.17, 15) is 14.0 Å². The summed E-state index contributed by atoms with van der Waals surface area (Å²) in [7, 11) is 0. The first-order valence-electron chi connectivity index (χ1n) is 11.0. The fraction of sp³-hybridized carbons (Fsp3) is 0.500. The van der Waals surface area contributed by atoms with Crippen LogP contribution >= 0.6 is 0 Å². The highest BCUT2D eigenvalue weighted by Crippen LogP contribution is 2.49. The van der Waals surface area contributed by atoms with E-state index >= 15 is 0 Å². The highest BCUT2D eigenvalue weighted by Gasteiger charge is 2.47. The maximum absolute atomic E-state index is 14.9. The monoisotopic (exact) mass is 443 g/mol. The molecule has 0 spiro atoms. The van der Waals surface area contributed by atoms with Gasteiger partial charge in [0.15, 0.2) is 11.6 Å². The Hall–Kier alpha value is -2.87. The van der Waals surface area contributed by atoms with E-state index in [1.54, 1.807) is 13.8 Å². The van der Waals surface area contributed by atoms with Crippen molar-refractivity contribution < 1.29 is 18.7 Å². The largest absolute Gasteiger partial charge is 0.448 e. The molecule has 4 rings (SSSR count). The number of carbonyl (C=O) groups excluding carboxylic acids is 1. The molecule has 1 unspecified atom stereocenters. The molecule has 1 amide bonds. The summed E-state index contributed by atoms with van der Waals surface area (Å²) in [4.78, 5) is 27.8. The molecule has 2 heterocycles. The van der Waals surface area contributed by atoms with Gasteiger partial charge in [0.25, 0.3) is 17.3 Å². The number of aromatic amines is 1. The molecule has 0 bridgehead atoms. The summed E-state index contributed by atoms with van der Waals surface area (Å²) >= 11 is 0. The lowest BCUT2D eigenvalue weighted by Gasteiger charge is -2.36. The highest BCUT2D eigenvalue weighted by molar-refractivity contribution is 5.96. The van der Waals surface area contributed by atoms with E-state index in [1.165, 1.54) is 6.07 Å². The third-order valence-corrected chi connectivity index (χ3v) is 6.73. The van der Waals surface area contributed by atoms with Crippen LogP contribution in [-0.2, 0) is 6.54 Å². The molecule has 1 aromatic heterocycles. The standard InChI is InChI=1S/C24H30FN3O4/c1-12-9-13(2)28-23(30)18(12)11-27-22(29)17-10-19(25)21-20(14(17)3)31-24(4,32-21)15-5-7-16(26)8-6-15/h9-10,15-16H,5-8,11,26H2,1-4H3,(H,27,29)(H,28,30). The predicted molar refractivity (Wildman–Crippen MR) is 118 cm³/mol. The van der Waals surface area contributed by atoms with E-state index in [0.717, 1.165) is 36.9 Å². The third-order valence-electron chi connectivity index (χ3n) is 6.73. The minimum absolute atomic E-state index is 0.0375. The van der Waals surface area contributed by atoms with Gasteiger partial charge in [-0.05, 0) is 64.2 Å². The first-order valence-corrected chi connectivity index (χ1v) is 11.0. The molecule has 172 valence electrons. The van der Waals surface area contributed by atoms with E-state index in [0.29, 0.717) is 11.1 Å². The van der Waals surface area contributed by atoms with Gasteiger partial charge in [-0.25, -0.2) is 4.39 Å². The number of hydrogen-bond donors (Lipinski definition) is 3. The quantitative estimate of drug-likeness (QED) is 0.672. The van der Waals surface area contributed by atoms with Gasteiger partial charge in [-0.15, -0.1) is 0 Å². The number of pyridine rings is 1. The first kappa shape index (κ1) is 22.3. The van der Waals surface area contributed by atoms with E-state index in [4.69, 9.17) is 15.2 Å². The molecule has 1 atom stereocenters. The zero-order valence-corrected chi connectivity index (χ0v) is 18.9. The lowest BCUT2D eigenvalue weighted by atomic mass is 9.81. The maximum Gasteiger partial charge on any atom is 0.253 e. The molecule has 1 aliphatic carbocycles. The Balaban J connectivity index is 1.55. The van der Waals surface area contributed by atoms with Gasteiger partial charge in [-0.1, -0.05) is 0 Å². The molecule has 2 aromatic rings. The van der Waals surface area contributed by atoms with Crippen LogP contribution in [0.15, 0.2) is 16.9 Å². The summed E-state index contributed by atoms with van der Waals surface area (Å²) in [5.74, 6) is -1.72. The van der Waals surface area contributed by atoms with Crippen molar-refractivity contribution in [1.29, 1.82) is 0 Å². The van der Waals surface area contributed by atoms with Crippen molar-refractivity contribution in [1.82, 2.24) is 10.3 Å². The molecule has 32 heavy (non-hydrogen) atoms. The number of fused-ring (bicyclic) bond motifs is 1. The number of nitrogens with one attached hydrogen (secondary N) is 2. The number of aromatic nitrogens is 1. The molecule has 1 fully saturated rings. The number of nitrogens with two attached hydrogens (primary N) is 1. The van der Waals surface area contributed by atoms with Gasteiger partial charge in [0.1, 0.15) is 0 Å². The summed E-state index contributed by atoms with van der Waals surface area (Å²) < 4.78 is 27.1. The average molecular weight is 444 g/mol. The van der Waals surface area contributed by atoms with Crippen molar-refractivity contribution in [3.63, 3.8) is 0 Å². The second-order valence-electron chi connectivity index (χ2n) is 9.15. The van der Waals surface area contributed by atoms with Crippen LogP contribution < -0.4 is 26.1 Å². The van der Waals surface area contributed by atoms with Gasteiger partial charge in [0.2, 0.25) is 5.75 Å². The Labute approximate surface area is 186 Å². The maximum atomic E-state index is 14.9. The molecular weight excluding hydrogens is 413 g/mol. The first-order chi connectivity index (χ1) is 15.1. The number of carbonyl (C=O) groups is 1. The molecule has 8 heteroatoms. The predicted octanol–water partition coefficient (Wildman–Crippen LogP) is 3.37. The Kier molecular flexibility index (Phi) is 5.75. The van der Waals surface area contributed by atoms with Crippen molar-refractivity contribution in [3.05, 3.63) is 56.3 Å². The van der Waals surface area contributed by atoms with Crippen LogP contribution in [0.4, 0.5) is 4.39 Å². The summed E-state index contributed by atoms with van der Waals surface area (Å²) in [6.07, 6.45) is 3.42. The summed E-state index contributed by atoms with van der Waals surface area (Å²) in [6.45, 7) is 7.18. The smallest absolute Gasteiger partial charge is 0.253 e. The van der Waals surface area contributed by atoms with Crippen molar-refractivity contribution in [2.75, 3.05) is 0 Å². The van der Waals surface area contributed by atoms with Gasteiger partial charge >= 0.3 is 0 Å². The van der Waals surface area contributed by atoms with E-state index in [2.05, 4.69) is 10.3 Å². The van der Waals surface area contributed by atoms with Crippen molar-refractivity contribution in [2.24, 2.45) is 11.7 Å². The Bertz CT molecular complexity index is 1120. The number of aryl methyl sites for hydroxylation is 2. The van der Waals surface area contributed by atoms with E-state index < -0.39 is 17.5 Å². The fourth-order valence-electron chi connectivity index (χ4n) is 4.76. The number of H-pyrrole nitrogens is 1. The van der Waals surface area contributed by atoms with Crippen LogP contribution in [-0.4, -0.2) is 22.7 Å². The summed E-state index contributed by atoms with van der Waals surface area (Å²) in [6, 6.07) is 3.19. The zero-order chi connectivity index (χ0) is 23.2. The van der Waals surface area contributed by atoms with Crippen molar-refractivity contribution >= 4 is 5.91 Å². The Morgan fingerprint density at radius 2 is 1.84 bits per heavy atom. The Morgan fingerprint density at radius 3 is 2.50 bits per heavy atom. The van der Waals surface area contributed by atoms with Gasteiger partial charge < -0.3 is 25.5 Å². The molecule has 0 radical (unpaired) electrons. The number of amides is 1. The summed E-state index contributed by atoms with van der Waals surface area (Å²) in [5, 5.41) is 2.73. The van der Waals surface area contributed by atoms with Gasteiger partial charge in [-0.2, -0.15) is 0 Å². The molecule has 2 aliphatic rings. The van der Waals surface area contributed by atoms with E-state index in [-0.39, 0.29) is 41.1 Å². The molecule has 7 nitrogen and oxygen atoms in total. The fourth-order valence-corrected chi connectivity index (χ4v) is 4.76. The van der Waals surface area contributed by atoms with Gasteiger partial charge in [0.05, 0.1) is 0 Å². The van der Waals surface area contributed by atoms with Crippen molar-refractivity contribution in [2.45, 2.75) is 71.8 Å². The topological polar surface area (TPSA) is 106 Å². The number of hydrogen-bond acceptors (Lipinski definition) is 5. The van der Waals surface area contributed by atoms with Crippen LogP contribution in [0.25, 0.3) is 0 Å². The van der Waals surface area contributed by atoms with Crippen LogP contribution in [0.3, 0.4) is 0 Å². The van der Waals surface area contributed by atoms with Crippen LogP contribution in [0.5, 0.6) is 11.5 Å². The van der Waals surface area contributed by atoms with Gasteiger partial charge in [0, 0.05) is 47.8 Å². The minimum atomic E-state index is -0.991. The number of ether oxygens (including phenoxy) is 2. The molecular formula is C24H30FN3O4. The molecule has 1 aliphatic heterocycles. The summed E-state index contributed by atoms with van der Waals surface area (Å²) in [5.41, 5.74) is 8.41. The molecule has 1 aromatic carbocycles. The minimum Gasteiger partial charge on any atom is -0.448 e. The van der Waals surface area contributed by atoms with Crippen LogP contribution in [0.1, 0.15) is 65.3 Å². The van der Waals surface area contributed by atoms with E-state index in [1.807, 2.05) is 19.9 Å². The zero-order valence-electron chi connectivity index (χ0n) is 18.9. The molecule has 4 N–H and O–H groups in total. The van der Waals surface area contributed by atoms with Gasteiger partial charge in [-0.3, -0.25) is 9.59 Å². The van der Waals surface area contributed by atoms with Crippen LogP contribution in [0.2, 0.25) is 0 Å². The number of rotatable bonds is 4. The molecule has 0 saturated heterocycles. The normalized spacial score (nSPS) is 24.4. The third kappa shape index (κ3) is 3.99. The molecule has 1 saturated carbocycles. The van der Waals surface area contributed by atoms with Crippen LogP contribution in [0, 0.1) is 32.5 Å².